The van der Waals surface area contributed by atoms with Gasteiger partial charge in [-0.05, 0) is 153 Å². The van der Waals surface area contributed by atoms with Crippen molar-refractivity contribution in [2.75, 3.05) is 154 Å². The topological polar surface area (TPSA) is 297 Å². The Kier molecular flexibility index (Phi) is 25.7. The van der Waals surface area contributed by atoms with Crippen LogP contribution in [-0.2, 0) is 14.2 Å². The zero-order chi connectivity index (χ0) is 69.5. The van der Waals surface area contributed by atoms with E-state index >= 15 is 0 Å². The Hall–Kier alpha value is -10.9. The van der Waals surface area contributed by atoms with Gasteiger partial charge in [0.05, 0.1) is 69.5 Å². The normalized spacial score (nSPS) is 13.3. The maximum Gasteiger partial charge on any atom is 0.271 e. The first-order chi connectivity index (χ1) is 47.5. The number of carbonyl (C=O) groups is 3. The molecule has 0 unspecified atom stereocenters. The molecule has 3 aliphatic heterocycles. The quantitative estimate of drug-likeness (QED) is 0.0302. The van der Waals surface area contributed by atoms with Gasteiger partial charge in [-0.1, -0.05) is 11.6 Å². The van der Waals surface area contributed by atoms with Crippen molar-refractivity contribution in [1.82, 2.24) is 45.9 Å². The van der Waals surface area contributed by atoms with Crippen LogP contribution in [-0.4, -0.2) is 155 Å². The molecule has 0 aliphatic carbocycles. The Morgan fingerprint density at radius 2 is 0.765 bits per heavy atom. The molecule has 512 valence electrons. The van der Waals surface area contributed by atoms with Crippen molar-refractivity contribution in [1.29, 1.82) is 0 Å². The third-order valence-electron chi connectivity index (χ3n) is 16.1. The van der Waals surface area contributed by atoms with Crippen LogP contribution in [0.4, 0.5) is 79.9 Å². The smallest absolute Gasteiger partial charge is 0.271 e. The molecule has 3 saturated heterocycles. The fourth-order valence-electron chi connectivity index (χ4n) is 10.5. The van der Waals surface area contributed by atoms with Crippen LogP contribution in [0.3, 0.4) is 0 Å². The van der Waals surface area contributed by atoms with E-state index in [1.54, 1.807) is 95.8 Å². The molecule has 3 fully saturated rings. The number of aryl methyl sites for hydroxylation is 5. The molecule has 3 aliphatic rings. The molecule has 6 aromatic heterocycles. The summed E-state index contributed by atoms with van der Waals surface area (Å²) in [5.41, 5.74) is 22.5. The Bertz CT molecular complexity index is 4010. The van der Waals surface area contributed by atoms with Crippen molar-refractivity contribution in [2.45, 2.75) is 34.6 Å². The van der Waals surface area contributed by atoms with Gasteiger partial charge < -0.3 is 81.9 Å². The van der Waals surface area contributed by atoms with Crippen LogP contribution in [0.5, 0.6) is 5.75 Å². The number of halogens is 1. The number of nitrogens with two attached hydrogens (primary N) is 1. The molecular formula is C72H85ClN18O7. The zero-order valence-corrected chi connectivity index (χ0v) is 57.4. The SMILES string of the molecule is CNC(=O)c1ncccc1Nc1cc(Cl)ncc1C.CNC(=O)c1ncccc1Nc1cc(Nc2ccc(N3CCOCC3)cc2C)ncc1C.CNC(=O)c1ncccc1Nc1cc(Nc2ccc(N3CCOCC3)cc2C)ncc1C.COc1cc(N2CCOCC2)ccc1N. The van der Waals surface area contributed by atoms with Crippen molar-refractivity contribution >= 4 is 109 Å². The van der Waals surface area contributed by atoms with Crippen molar-refractivity contribution in [2.24, 2.45) is 0 Å². The summed E-state index contributed by atoms with van der Waals surface area (Å²) in [6.45, 7) is 20.1. The van der Waals surface area contributed by atoms with Gasteiger partial charge in [-0.2, -0.15) is 0 Å². The van der Waals surface area contributed by atoms with Gasteiger partial charge in [0, 0.05) is 161 Å². The average Bonchev–Trinajstić information content (AvgIpc) is 1.57. The highest BCUT2D eigenvalue weighted by molar-refractivity contribution is 6.29. The minimum absolute atomic E-state index is 0.242. The maximum atomic E-state index is 12.1. The summed E-state index contributed by atoms with van der Waals surface area (Å²) >= 11 is 5.87. The first-order valence-corrected chi connectivity index (χ1v) is 32.4. The number of hydrogen-bond donors (Lipinski definition) is 9. The number of rotatable bonds is 17. The Morgan fingerprint density at radius 1 is 0.418 bits per heavy atom. The predicted molar refractivity (Wildman–Crippen MR) is 390 cm³/mol. The minimum atomic E-state index is -0.249. The lowest BCUT2D eigenvalue weighted by molar-refractivity contribution is 0.0951. The molecule has 26 heteroatoms. The van der Waals surface area contributed by atoms with Crippen LogP contribution >= 0.6 is 11.6 Å². The maximum absolute atomic E-state index is 12.1. The minimum Gasteiger partial charge on any atom is -0.495 e. The van der Waals surface area contributed by atoms with Crippen LogP contribution in [0, 0.1) is 34.6 Å². The summed E-state index contributed by atoms with van der Waals surface area (Å²) in [7, 11) is 6.38. The van der Waals surface area contributed by atoms with Gasteiger partial charge in [-0.25, -0.2) is 29.9 Å². The monoisotopic (exact) mass is 1350 g/mol. The third-order valence-corrected chi connectivity index (χ3v) is 16.3. The number of carbonyl (C=O) groups excluding carboxylic acids is 3. The van der Waals surface area contributed by atoms with Crippen molar-refractivity contribution < 1.29 is 33.3 Å². The van der Waals surface area contributed by atoms with Gasteiger partial charge in [0.15, 0.2) is 17.1 Å². The van der Waals surface area contributed by atoms with Crippen molar-refractivity contribution in [3.8, 4) is 5.75 Å². The van der Waals surface area contributed by atoms with Gasteiger partial charge >= 0.3 is 0 Å². The van der Waals surface area contributed by atoms with Gasteiger partial charge in [0.1, 0.15) is 22.5 Å². The molecule has 25 nitrogen and oxygen atoms in total. The van der Waals surface area contributed by atoms with Crippen LogP contribution < -0.4 is 67.7 Å². The lowest BCUT2D eigenvalue weighted by Gasteiger charge is -2.29. The number of ether oxygens (including phenoxy) is 4. The molecule has 98 heavy (non-hydrogen) atoms. The number of amides is 3. The van der Waals surface area contributed by atoms with Gasteiger partial charge in [-0.3, -0.25) is 14.4 Å². The second-order valence-corrected chi connectivity index (χ2v) is 23.3. The lowest BCUT2D eigenvalue weighted by Crippen LogP contribution is -2.36. The number of aromatic nitrogens is 6. The molecule has 0 saturated carbocycles. The summed E-state index contributed by atoms with van der Waals surface area (Å²) in [6, 6.07) is 35.0. The van der Waals surface area contributed by atoms with Crippen LogP contribution in [0.1, 0.15) is 59.3 Å². The number of nitrogen functional groups attached to an aromatic ring is 1. The number of hydrogen-bond acceptors (Lipinski definition) is 22. The van der Waals surface area contributed by atoms with Gasteiger partial charge in [-0.15, -0.1) is 0 Å². The Labute approximate surface area is 576 Å². The molecule has 0 atom stereocenters. The summed E-state index contributed by atoms with van der Waals surface area (Å²) in [5.74, 6) is 1.43. The number of nitrogens with zero attached hydrogens (tertiary/aromatic N) is 9. The fourth-order valence-corrected chi connectivity index (χ4v) is 10.7. The lowest BCUT2D eigenvalue weighted by atomic mass is 10.1. The van der Waals surface area contributed by atoms with E-state index in [-0.39, 0.29) is 17.7 Å². The molecule has 0 spiro atoms. The predicted octanol–water partition coefficient (Wildman–Crippen LogP) is 11.2. The summed E-state index contributed by atoms with van der Waals surface area (Å²) in [6.07, 6.45) is 10.1. The van der Waals surface area contributed by atoms with E-state index in [9.17, 15) is 14.4 Å². The van der Waals surface area contributed by atoms with Gasteiger partial charge in [0.25, 0.3) is 17.7 Å². The first kappa shape index (κ1) is 71.4. The average molecular weight is 1350 g/mol. The second-order valence-electron chi connectivity index (χ2n) is 22.9. The van der Waals surface area contributed by atoms with E-state index in [1.165, 1.54) is 11.4 Å². The number of morpholine rings is 3. The van der Waals surface area contributed by atoms with Crippen molar-refractivity contribution in [3.63, 3.8) is 0 Å². The van der Waals surface area contributed by atoms with Crippen molar-refractivity contribution in [3.05, 3.63) is 196 Å². The summed E-state index contributed by atoms with van der Waals surface area (Å²) in [5, 5.41) is 24.8. The molecule has 9 heterocycles. The summed E-state index contributed by atoms with van der Waals surface area (Å²) < 4.78 is 21.4. The Morgan fingerprint density at radius 3 is 1.12 bits per heavy atom. The number of benzene rings is 3. The first-order valence-electron chi connectivity index (χ1n) is 32.1. The van der Waals surface area contributed by atoms with Crippen LogP contribution in [0.15, 0.2) is 146 Å². The highest BCUT2D eigenvalue weighted by atomic mass is 35.5. The highest BCUT2D eigenvalue weighted by Gasteiger charge is 2.19. The number of anilines is 14. The van der Waals surface area contributed by atoms with E-state index in [0.717, 1.165) is 147 Å². The summed E-state index contributed by atoms with van der Waals surface area (Å²) in [4.78, 5) is 68.5. The van der Waals surface area contributed by atoms with E-state index in [2.05, 4.69) is 137 Å². The molecular weight excluding hydrogens is 1260 g/mol. The molecule has 3 amide bonds. The molecule has 0 bridgehead atoms. The van der Waals surface area contributed by atoms with E-state index in [0.29, 0.717) is 56.6 Å². The zero-order valence-electron chi connectivity index (χ0n) is 56.7. The van der Waals surface area contributed by atoms with Crippen LogP contribution in [0.2, 0.25) is 5.15 Å². The third kappa shape index (κ3) is 19.4. The highest BCUT2D eigenvalue weighted by Crippen LogP contribution is 2.33. The van der Waals surface area contributed by atoms with Gasteiger partial charge in [0.2, 0.25) is 0 Å². The number of nitrogens with one attached hydrogen (secondary N) is 8. The standard InChI is InChI=1S/2C24H28N6O2.C13H13ClN4O.C11H16N2O2/c2*1-16-13-18(30-9-11-32-12-10-30)6-7-19(16)29-22-14-21(17(2)15-27-22)28-20-5-4-8-26-23(20)24(31)25-3;1-8-7-17-11(14)6-10(8)18-9-4-3-5-16-12(9)13(19)15-2;1-14-11-8-9(2-3-10(11)12)13-4-6-15-7-5-13/h2*4-8,13-15H,9-12H2,1-3H3,(H,25,31)(H2,27,28,29);3-7H,1-2H3,(H,15,19)(H,17,18);2-3,8H,4-7,12H2,1H3. The van der Waals surface area contributed by atoms with E-state index < -0.39 is 0 Å². The van der Waals surface area contributed by atoms with E-state index in [1.807, 2.05) is 63.2 Å². The molecule has 0 radical (unpaired) electrons. The molecule has 9 aromatic rings. The molecule has 3 aromatic carbocycles. The largest absolute Gasteiger partial charge is 0.495 e. The van der Waals surface area contributed by atoms with Crippen LogP contribution in [0.25, 0.3) is 0 Å². The van der Waals surface area contributed by atoms with E-state index in [4.69, 9.17) is 36.3 Å². The number of pyridine rings is 6. The molecule has 12 rings (SSSR count). The second kappa shape index (κ2) is 35.2. The Balaban J connectivity index is 0.000000160. The number of methoxy groups -OCH3 is 1. The fraction of sp³-hybridized carbons (Fsp3) is 0.292. The molecule has 10 N–H and O–H groups in total.